The predicted molar refractivity (Wildman–Crippen MR) is 86.0 cm³/mol. The predicted octanol–water partition coefficient (Wildman–Crippen LogP) is 4.73. The van der Waals surface area contributed by atoms with Crippen molar-refractivity contribution < 1.29 is 0 Å². The highest BCUT2D eigenvalue weighted by molar-refractivity contribution is 5.27. The molecule has 3 heteroatoms. The summed E-state index contributed by atoms with van der Waals surface area (Å²) in [5.74, 6) is 3.19. The first-order valence-electron chi connectivity index (χ1n) is 8.36. The van der Waals surface area contributed by atoms with Gasteiger partial charge in [-0.3, -0.25) is 0 Å². The highest BCUT2D eigenvalue weighted by atomic mass is 15.2. The van der Waals surface area contributed by atoms with Gasteiger partial charge in [-0.05, 0) is 30.6 Å². The van der Waals surface area contributed by atoms with E-state index in [0.717, 1.165) is 12.5 Å². The monoisotopic (exact) mass is 277 g/mol. The first-order chi connectivity index (χ1) is 9.59. The molecule has 1 fully saturated rings. The Morgan fingerprint density at radius 3 is 2.40 bits per heavy atom. The van der Waals surface area contributed by atoms with Crippen molar-refractivity contribution in [3.8, 4) is 0 Å². The summed E-state index contributed by atoms with van der Waals surface area (Å²) in [6.45, 7) is 10.3. The lowest BCUT2D eigenvalue weighted by Crippen LogP contribution is -2.26. The van der Waals surface area contributed by atoms with E-state index in [1.165, 1.54) is 32.1 Å². The van der Waals surface area contributed by atoms with Crippen LogP contribution < -0.4 is 5.32 Å². The molecule has 0 amide bonds. The second-order valence-corrected chi connectivity index (χ2v) is 6.98. The average Bonchev–Trinajstić information content (AvgIpc) is 2.87. The number of hydrogen-bond donors (Lipinski definition) is 1. The van der Waals surface area contributed by atoms with Crippen molar-refractivity contribution in [2.45, 2.75) is 65.8 Å². The normalized spacial score (nSPS) is 17.4. The molecule has 1 N–H and O–H groups in total. The van der Waals surface area contributed by atoms with Crippen LogP contribution >= 0.6 is 0 Å². The number of hydrogen-bond acceptors (Lipinski definition) is 2. The molecule has 0 atom stereocenters. The van der Waals surface area contributed by atoms with Crippen LogP contribution in [0.2, 0.25) is 0 Å². The lowest BCUT2D eigenvalue weighted by molar-refractivity contribution is 0.302. The van der Waals surface area contributed by atoms with Crippen molar-refractivity contribution >= 4 is 5.95 Å². The molecular weight excluding hydrogens is 246 g/mol. The van der Waals surface area contributed by atoms with Gasteiger partial charge >= 0.3 is 0 Å². The van der Waals surface area contributed by atoms with Gasteiger partial charge in [-0.2, -0.15) is 0 Å². The molecule has 0 spiro atoms. The summed E-state index contributed by atoms with van der Waals surface area (Å²) in [5, 5.41) is 3.61. The van der Waals surface area contributed by atoms with Crippen molar-refractivity contribution in [1.29, 1.82) is 0 Å². The van der Waals surface area contributed by atoms with E-state index in [1.54, 1.807) is 0 Å². The topological polar surface area (TPSA) is 29.9 Å². The van der Waals surface area contributed by atoms with Crippen molar-refractivity contribution in [2.24, 2.45) is 17.8 Å². The summed E-state index contributed by atoms with van der Waals surface area (Å²) in [5.41, 5.74) is 0. The Kier molecular flexibility index (Phi) is 5.50. The fraction of sp³-hybridized carbons (Fsp3) is 0.824. The Labute approximate surface area is 124 Å². The van der Waals surface area contributed by atoms with Crippen LogP contribution in [-0.2, 0) is 0 Å². The summed E-state index contributed by atoms with van der Waals surface area (Å²) in [7, 11) is 0. The molecule has 1 aromatic rings. The van der Waals surface area contributed by atoms with E-state index in [4.69, 9.17) is 0 Å². The minimum atomic E-state index is 0.658. The van der Waals surface area contributed by atoms with Gasteiger partial charge < -0.3 is 9.88 Å². The van der Waals surface area contributed by atoms with Gasteiger partial charge in [0.05, 0.1) is 0 Å². The van der Waals surface area contributed by atoms with Gasteiger partial charge in [0.25, 0.3) is 0 Å². The SMILES string of the molecule is CC(C)C(CNc1nccn1C1CCCCC1)C(C)C. The molecule has 1 aliphatic carbocycles. The van der Waals surface area contributed by atoms with Crippen molar-refractivity contribution in [1.82, 2.24) is 9.55 Å². The van der Waals surface area contributed by atoms with Gasteiger partial charge in [-0.15, -0.1) is 0 Å². The number of imidazole rings is 1. The van der Waals surface area contributed by atoms with Gasteiger partial charge in [0, 0.05) is 25.0 Å². The molecule has 0 aliphatic heterocycles. The number of nitrogens with zero attached hydrogens (tertiary/aromatic N) is 2. The Morgan fingerprint density at radius 1 is 1.15 bits per heavy atom. The summed E-state index contributed by atoms with van der Waals surface area (Å²) in [4.78, 5) is 4.53. The highest BCUT2D eigenvalue weighted by Crippen LogP contribution is 2.30. The third-order valence-electron chi connectivity index (χ3n) is 4.85. The molecule has 1 heterocycles. The number of nitrogens with one attached hydrogen (secondary N) is 1. The van der Waals surface area contributed by atoms with Crippen molar-refractivity contribution in [2.75, 3.05) is 11.9 Å². The second kappa shape index (κ2) is 7.14. The molecule has 0 bridgehead atoms. The third-order valence-corrected chi connectivity index (χ3v) is 4.85. The molecule has 0 saturated heterocycles. The minimum absolute atomic E-state index is 0.658. The van der Waals surface area contributed by atoms with Crippen LogP contribution in [0.1, 0.15) is 65.8 Å². The first-order valence-corrected chi connectivity index (χ1v) is 8.36. The zero-order valence-electron chi connectivity index (χ0n) is 13.6. The lowest BCUT2D eigenvalue weighted by atomic mass is 9.85. The molecule has 20 heavy (non-hydrogen) atoms. The standard InChI is InChI=1S/C17H31N3/c1-13(2)16(14(3)4)12-19-17-18-10-11-20(17)15-8-6-5-7-9-15/h10-11,13-16H,5-9,12H2,1-4H3,(H,18,19). The molecular formula is C17H31N3. The zero-order chi connectivity index (χ0) is 14.5. The number of anilines is 1. The zero-order valence-corrected chi connectivity index (χ0v) is 13.6. The van der Waals surface area contributed by atoms with Crippen LogP contribution in [0.4, 0.5) is 5.95 Å². The average molecular weight is 277 g/mol. The van der Waals surface area contributed by atoms with Gasteiger partial charge in [0.2, 0.25) is 5.95 Å². The Balaban J connectivity index is 1.97. The highest BCUT2D eigenvalue weighted by Gasteiger charge is 2.20. The van der Waals surface area contributed by atoms with Crippen LogP contribution in [0.25, 0.3) is 0 Å². The van der Waals surface area contributed by atoms with Crippen LogP contribution in [-0.4, -0.2) is 16.1 Å². The van der Waals surface area contributed by atoms with Crippen LogP contribution in [0, 0.1) is 17.8 Å². The van der Waals surface area contributed by atoms with Gasteiger partial charge in [0.1, 0.15) is 0 Å². The largest absolute Gasteiger partial charge is 0.355 e. The fourth-order valence-corrected chi connectivity index (χ4v) is 3.55. The summed E-state index contributed by atoms with van der Waals surface area (Å²) >= 11 is 0. The summed E-state index contributed by atoms with van der Waals surface area (Å²) in [6, 6.07) is 0.658. The quantitative estimate of drug-likeness (QED) is 0.814. The molecule has 1 saturated carbocycles. The smallest absolute Gasteiger partial charge is 0.203 e. The molecule has 3 nitrogen and oxygen atoms in total. The summed E-state index contributed by atoms with van der Waals surface area (Å²) in [6.07, 6.45) is 10.8. The lowest BCUT2D eigenvalue weighted by Gasteiger charge is -2.28. The molecule has 114 valence electrons. The number of rotatable bonds is 6. The first kappa shape index (κ1) is 15.4. The van der Waals surface area contributed by atoms with E-state index in [-0.39, 0.29) is 0 Å². The maximum Gasteiger partial charge on any atom is 0.203 e. The minimum Gasteiger partial charge on any atom is -0.355 e. The van der Waals surface area contributed by atoms with Crippen molar-refractivity contribution in [3.05, 3.63) is 12.4 Å². The summed E-state index contributed by atoms with van der Waals surface area (Å²) < 4.78 is 2.37. The molecule has 2 rings (SSSR count). The van der Waals surface area contributed by atoms with E-state index in [0.29, 0.717) is 23.8 Å². The molecule has 0 aromatic carbocycles. The van der Waals surface area contributed by atoms with E-state index < -0.39 is 0 Å². The molecule has 1 aromatic heterocycles. The van der Waals surface area contributed by atoms with E-state index in [1.807, 2.05) is 6.20 Å². The Morgan fingerprint density at radius 2 is 1.80 bits per heavy atom. The second-order valence-electron chi connectivity index (χ2n) is 6.98. The third kappa shape index (κ3) is 3.77. The molecule has 0 radical (unpaired) electrons. The van der Waals surface area contributed by atoms with Crippen LogP contribution in [0.3, 0.4) is 0 Å². The van der Waals surface area contributed by atoms with Gasteiger partial charge in [-0.25, -0.2) is 4.98 Å². The van der Waals surface area contributed by atoms with Crippen LogP contribution in [0.5, 0.6) is 0 Å². The van der Waals surface area contributed by atoms with E-state index >= 15 is 0 Å². The van der Waals surface area contributed by atoms with Crippen LogP contribution in [0.15, 0.2) is 12.4 Å². The Bertz CT molecular complexity index is 381. The molecule has 0 unspecified atom stereocenters. The number of aromatic nitrogens is 2. The van der Waals surface area contributed by atoms with Gasteiger partial charge in [-0.1, -0.05) is 47.0 Å². The fourth-order valence-electron chi connectivity index (χ4n) is 3.55. The molecule has 1 aliphatic rings. The van der Waals surface area contributed by atoms with E-state index in [2.05, 4.69) is 48.8 Å². The maximum atomic E-state index is 4.53. The van der Waals surface area contributed by atoms with Gasteiger partial charge in [0.15, 0.2) is 0 Å². The van der Waals surface area contributed by atoms with Crippen molar-refractivity contribution in [3.63, 3.8) is 0 Å². The Hall–Kier alpha value is -0.990. The van der Waals surface area contributed by atoms with E-state index in [9.17, 15) is 0 Å². The maximum absolute atomic E-state index is 4.53.